The molecule has 1 aliphatic carbocycles. The first kappa shape index (κ1) is 37.8. The van der Waals surface area contributed by atoms with Crippen molar-refractivity contribution in [1.29, 1.82) is 15.8 Å². The molecule has 0 radical (unpaired) electrons. The number of nitrogens with zero attached hydrogens (tertiary/aromatic N) is 3. The molecule has 1 aromatic carbocycles. The minimum atomic E-state index is -0.909. The average Bonchev–Trinajstić information content (AvgIpc) is 3.15. The highest BCUT2D eigenvalue weighted by Gasteiger charge is 2.23. The smallest absolute Gasteiger partial charge is 0.190 e. The third-order valence-electron chi connectivity index (χ3n) is 3.82. The zero-order valence-electron chi connectivity index (χ0n) is 18.5. The molecule has 2 aromatic rings. The van der Waals surface area contributed by atoms with Crippen LogP contribution in [0.2, 0.25) is 0 Å². The minimum absolute atomic E-state index is 0. The summed E-state index contributed by atoms with van der Waals surface area (Å²) in [5.74, 6) is 1.34. The Kier molecular flexibility index (Phi) is 20.6. The number of furan rings is 1. The van der Waals surface area contributed by atoms with Gasteiger partial charge in [0.15, 0.2) is 5.88 Å². The zero-order valence-corrected chi connectivity index (χ0v) is 18.5. The van der Waals surface area contributed by atoms with Crippen molar-refractivity contribution in [1.82, 2.24) is 0 Å². The molecular formula is C27H40N6O2. The van der Waals surface area contributed by atoms with E-state index in [0.29, 0.717) is 34.8 Å². The fraction of sp³-hybridized carbons (Fsp3) is 0.296. The van der Waals surface area contributed by atoms with Gasteiger partial charge in [-0.25, -0.2) is 0 Å². The Balaban J connectivity index is -0.000000187. The topological polar surface area (TPSA) is 183 Å². The van der Waals surface area contributed by atoms with E-state index in [9.17, 15) is 5.11 Å². The van der Waals surface area contributed by atoms with Crippen LogP contribution in [0.4, 0.5) is 11.6 Å². The molecule has 1 aromatic heterocycles. The lowest BCUT2D eigenvalue weighted by Gasteiger charge is -2.22. The summed E-state index contributed by atoms with van der Waals surface area (Å²) in [4.78, 5) is 0. The lowest BCUT2D eigenvalue weighted by molar-refractivity contribution is 0.111. The van der Waals surface area contributed by atoms with Crippen LogP contribution in [0.5, 0.6) is 0 Å². The normalized spacial score (nSPS) is 14.3. The lowest BCUT2D eigenvalue weighted by Crippen LogP contribution is -2.25. The standard InChI is InChI=1S/C8H10N2O.C8H8N2.C5H7NO.C3H3N.3CH4/c1-8(11)3-2-7(10)6(4-8)5-9;1-6-2-3-8(10)7(4-6)5-9;1-4-2-3-5(6)7-4;1-2-3-4;;;/h2-3,11H,4,10H2,1H3;2-4H,10H2,1H3;2-3H,6H2,1H3;2H,1H2;3*1H4. The molecule has 0 aliphatic heterocycles. The maximum absolute atomic E-state index is 9.47. The fourth-order valence-electron chi connectivity index (χ4n) is 2.21. The second-order valence-corrected chi connectivity index (χ2v) is 6.90. The van der Waals surface area contributed by atoms with Gasteiger partial charge in [0.2, 0.25) is 0 Å². The number of anilines is 2. The van der Waals surface area contributed by atoms with E-state index in [2.05, 4.69) is 6.58 Å². The number of nitrogen functional groups attached to an aromatic ring is 2. The molecule has 7 N–H and O–H groups in total. The fourth-order valence-corrected chi connectivity index (χ4v) is 2.21. The van der Waals surface area contributed by atoms with Crippen LogP contribution in [-0.4, -0.2) is 10.7 Å². The number of hydrogen-bond acceptors (Lipinski definition) is 8. The second kappa shape index (κ2) is 19.1. The monoisotopic (exact) mass is 480 g/mol. The number of hydrogen-bond donors (Lipinski definition) is 4. The molecule has 1 heterocycles. The van der Waals surface area contributed by atoms with Gasteiger partial charge >= 0.3 is 0 Å². The van der Waals surface area contributed by atoms with Gasteiger partial charge in [0, 0.05) is 29.9 Å². The summed E-state index contributed by atoms with van der Waals surface area (Å²) in [7, 11) is 0. The number of aliphatic hydroxyl groups is 1. The van der Waals surface area contributed by atoms with Gasteiger partial charge in [0.05, 0.1) is 28.9 Å². The van der Waals surface area contributed by atoms with Gasteiger partial charge in [0.1, 0.15) is 11.8 Å². The lowest BCUT2D eigenvalue weighted by atomic mass is 9.91. The Morgan fingerprint density at radius 1 is 1.03 bits per heavy atom. The minimum Gasteiger partial charge on any atom is -0.446 e. The van der Waals surface area contributed by atoms with E-state index in [1.165, 1.54) is 6.08 Å². The molecule has 1 atom stereocenters. The third-order valence-corrected chi connectivity index (χ3v) is 3.82. The van der Waals surface area contributed by atoms with Crippen molar-refractivity contribution in [3.63, 3.8) is 0 Å². The summed E-state index contributed by atoms with van der Waals surface area (Å²) in [6.07, 6.45) is 4.66. The van der Waals surface area contributed by atoms with Gasteiger partial charge in [-0.15, -0.1) is 0 Å². The second-order valence-electron chi connectivity index (χ2n) is 6.90. The van der Waals surface area contributed by atoms with Crippen molar-refractivity contribution < 1.29 is 9.52 Å². The number of nitrogens with two attached hydrogens (primary N) is 3. The Morgan fingerprint density at radius 2 is 1.60 bits per heavy atom. The first-order valence-electron chi connectivity index (χ1n) is 9.38. The van der Waals surface area contributed by atoms with Crippen LogP contribution in [0.1, 0.15) is 52.5 Å². The first-order valence-corrected chi connectivity index (χ1v) is 9.38. The van der Waals surface area contributed by atoms with E-state index >= 15 is 0 Å². The van der Waals surface area contributed by atoms with Gasteiger partial charge in [-0.3, -0.25) is 0 Å². The molecule has 8 heteroatoms. The van der Waals surface area contributed by atoms with Crippen LogP contribution in [0.15, 0.2) is 70.8 Å². The Bertz CT molecular complexity index is 1070. The quantitative estimate of drug-likeness (QED) is 0.275. The summed E-state index contributed by atoms with van der Waals surface area (Å²) < 4.78 is 4.86. The molecule has 35 heavy (non-hydrogen) atoms. The van der Waals surface area contributed by atoms with Crippen molar-refractivity contribution in [3.05, 3.63) is 83.3 Å². The maximum atomic E-state index is 9.47. The van der Waals surface area contributed by atoms with E-state index in [1.807, 2.05) is 38.1 Å². The van der Waals surface area contributed by atoms with Gasteiger partial charge in [-0.05, 0) is 50.6 Å². The van der Waals surface area contributed by atoms with Gasteiger partial charge in [-0.2, -0.15) is 15.8 Å². The van der Waals surface area contributed by atoms with Crippen LogP contribution in [0.3, 0.4) is 0 Å². The summed E-state index contributed by atoms with van der Waals surface area (Å²) >= 11 is 0. The van der Waals surface area contributed by atoms with Crippen molar-refractivity contribution in [2.75, 3.05) is 11.5 Å². The SMILES string of the molecule is C.C.C.C=CC#N.CC1(O)C=CC(N)=C(C#N)C1.Cc1ccc(N)c(C#N)c1.Cc1ccc(N)o1. The van der Waals surface area contributed by atoms with Crippen LogP contribution >= 0.6 is 0 Å². The number of rotatable bonds is 0. The van der Waals surface area contributed by atoms with E-state index in [1.54, 1.807) is 43.3 Å². The number of nitriles is 3. The molecule has 0 saturated heterocycles. The highest BCUT2D eigenvalue weighted by atomic mass is 16.3. The molecule has 0 spiro atoms. The van der Waals surface area contributed by atoms with E-state index in [-0.39, 0.29) is 22.3 Å². The predicted octanol–water partition coefficient (Wildman–Crippen LogP) is 5.66. The Hall–Kier alpha value is -4.45. The zero-order chi connectivity index (χ0) is 24.7. The molecule has 8 nitrogen and oxygen atoms in total. The van der Waals surface area contributed by atoms with E-state index in [0.717, 1.165) is 11.3 Å². The van der Waals surface area contributed by atoms with Crippen molar-refractivity contribution >= 4 is 11.6 Å². The van der Waals surface area contributed by atoms with E-state index in [4.69, 9.17) is 37.4 Å². The molecule has 0 amide bonds. The molecule has 190 valence electrons. The molecule has 0 saturated carbocycles. The van der Waals surface area contributed by atoms with Crippen LogP contribution < -0.4 is 17.2 Å². The predicted molar refractivity (Wildman–Crippen MR) is 145 cm³/mol. The molecule has 3 rings (SSSR count). The molecular weight excluding hydrogens is 440 g/mol. The summed E-state index contributed by atoms with van der Waals surface area (Å²) in [5, 5.41) is 34.0. The third kappa shape index (κ3) is 15.9. The summed E-state index contributed by atoms with van der Waals surface area (Å²) in [6, 6.07) is 14.6. The van der Waals surface area contributed by atoms with Gasteiger partial charge in [0.25, 0.3) is 0 Å². The van der Waals surface area contributed by atoms with Gasteiger partial charge in [-0.1, -0.05) is 41.0 Å². The largest absolute Gasteiger partial charge is 0.446 e. The molecule has 0 fully saturated rings. The molecule has 0 bridgehead atoms. The first-order chi connectivity index (χ1) is 15.0. The Labute approximate surface area is 210 Å². The van der Waals surface area contributed by atoms with Crippen LogP contribution in [0.25, 0.3) is 0 Å². The summed E-state index contributed by atoms with van der Waals surface area (Å²) in [5.41, 5.74) is 18.3. The average molecular weight is 481 g/mol. The number of allylic oxidation sites excluding steroid dienone is 2. The number of benzene rings is 1. The molecule has 1 aliphatic rings. The maximum Gasteiger partial charge on any atom is 0.190 e. The Morgan fingerprint density at radius 3 is 1.91 bits per heavy atom. The van der Waals surface area contributed by atoms with E-state index < -0.39 is 5.60 Å². The number of aryl methyl sites for hydroxylation is 2. The van der Waals surface area contributed by atoms with Gasteiger partial charge < -0.3 is 26.7 Å². The highest BCUT2D eigenvalue weighted by Crippen LogP contribution is 2.23. The van der Waals surface area contributed by atoms with Crippen molar-refractivity contribution in [3.8, 4) is 18.2 Å². The molecule has 1 unspecified atom stereocenters. The highest BCUT2D eigenvalue weighted by molar-refractivity contribution is 5.54. The van der Waals surface area contributed by atoms with Crippen molar-refractivity contribution in [2.45, 2.75) is 55.1 Å². The van der Waals surface area contributed by atoms with Crippen molar-refractivity contribution in [2.24, 2.45) is 5.73 Å². The summed E-state index contributed by atoms with van der Waals surface area (Å²) in [6.45, 7) is 8.55. The van der Waals surface area contributed by atoms with Crippen LogP contribution in [-0.2, 0) is 0 Å². The van der Waals surface area contributed by atoms with Crippen LogP contribution in [0, 0.1) is 47.8 Å².